The Morgan fingerprint density at radius 3 is 2.96 bits per heavy atom. The van der Waals surface area contributed by atoms with Crippen molar-refractivity contribution >= 4 is 45.4 Å². The number of carbonyl (C=O) groups excluding carboxylic acids is 1. The summed E-state index contributed by atoms with van der Waals surface area (Å²) in [6.07, 6.45) is 2.45. The molecule has 0 atom stereocenters. The van der Waals surface area contributed by atoms with Crippen molar-refractivity contribution in [2.24, 2.45) is 5.92 Å². The number of nitrogens with one attached hydrogen (secondary N) is 1. The fourth-order valence-corrected chi connectivity index (χ4v) is 4.62. The molecule has 3 heterocycles. The van der Waals surface area contributed by atoms with Gasteiger partial charge in [-0.3, -0.25) is 4.79 Å². The fraction of sp³-hybridized carbons (Fsp3) is 0.438. The van der Waals surface area contributed by atoms with E-state index in [1.54, 1.807) is 11.3 Å². The number of halogens is 1. The third-order valence-corrected chi connectivity index (χ3v) is 6.37. The van der Waals surface area contributed by atoms with E-state index in [4.69, 9.17) is 11.6 Å². The van der Waals surface area contributed by atoms with Crippen molar-refractivity contribution in [3.63, 3.8) is 0 Å². The molecule has 1 fully saturated rings. The minimum atomic E-state index is 0.0403. The van der Waals surface area contributed by atoms with Gasteiger partial charge in [0.25, 0.3) is 0 Å². The van der Waals surface area contributed by atoms with Crippen molar-refractivity contribution < 1.29 is 4.79 Å². The molecule has 0 aliphatic carbocycles. The number of nitriles is 1. The number of nitrogens with zero attached hydrogens (tertiary/aromatic N) is 3. The number of rotatable bonds is 5. The molecule has 1 amide bonds. The van der Waals surface area contributed by atoms with Gasteiger partial charge in [0.2, 0.25) is 5.91 Å². The first-order valence-corrected chi connectivity index (χ1v) is 9.82. The topological polar surface area (TPSA) is 69.0 Å². The van der Waals surface area contributed by atoms with Crippen molar-refractivity contribution in [2.45, 2.75) is 19.3 Å². The second-order valence-corrected chi connectivity index (χ2v) is 7.79. The summed E-state index contributed by atoms with van der Waals surface area (Å²) in [6.45, 7) is 2.18. The van der Waals surface area contributed by atoms with Crippen molar-refractivity contribution in [3.8, 4) is 6.07 Å². The molecule has 0 unspecified atom stereocenters. The maximum Gasteiger partial charge on any atom is 0.223 e. The molecule has 1 aliphatic rings. The minimum absolute atomic E-state index is 0.0403. The van der Waals surface area contributed by atoms with E-state index in [2.05, 4.69) is 26.7 Å². The summed E-state index contributed by atoms with van der Waals surface area (Å²) in [5.41, 5.74) is 0.445. The zero-order valence-electron chi connectivity index (χ0n) is 13.0. The molecule has 8 heteroatoms. The van der Waals surface area contributed by atoms with Gasteiger partial charge in [-0.05, 0) is 42.2 Å². The van der Waals surface area contributed by atoms with Crippen LogP contribution in [-0.4, -0.2) is 29.9 Å². The predicted octanol–water partition coefficient (Wildman–Crippen LogP) is 3.30. The van der Waals surface area contributed by atoms with Crippen LogP contribution in [0.3, 0.4) is 0 Å². The molecule has 5 nitrogen and oxygen atoms in total. The maximum absolute atomic E-state index is 12.3. The molecule has 0 spiro atoms. The monoisotopic (exact) mass is 380 g/mol. The van der Waals surface area contributed by atoms with Gasteiger partial charge >= 0.3 is 0 Å². The van der Waals surface area contributed by atoms with Crippen molar-refractivity contribution in [3.05, 3.63) is 33.1 Å². The number of carbonyl (C=O) groups is 1. The van der Waals surface area contributed by atoms with E-state index >= 15 is 0 Å². The van der Waals surface area contributed by atoms with Gasteiger partial charge in [0.15, 0.2) is 5.15 Å². The third-order valence-electron chi connectivity index (χ3n) is 4.15. The minimum Gasteiger partial charge on any atom is -0.361 e. The zero-order valence-corrected chi connectivity index (χ0v) is 15.4. The molecule has 0 bridgehead atoms. The van der Waals surface area contributed by atoms with Crippen LogP contribution >= 0.6 is 34.5 Å². The first-order chi connectivity index (χ1) is 11.7. The number of hydrogen-bond acceptors (Lipinski definition) is 6. The Morgan fingerprint density at radius 2 is 2.29 bits per heavy atom. The second-order valence-electron chi connectivity index (χ2n) is 5.65. The Labute approximate surface area is 154 Å². The largest absolute Gasteiger partial charge is 0.361 e. The summed E-state index contributed by atoms with van der Waals surface area (Å²) in [5.74, 6) is 0.174. The van der Waals surface area contributed by atoms with Crippen LogP contribution in [0.15, 0.2) is 17.5 Å². The standard InChI is InChI=1S/C16H17ClN4OS2/c17-14-13(10-18)16(24-20-14)21-7-4-11(5-8-21)15(22)19-6-3-12-2-1-9-23-12/h1-2,9,11H,3-8H2,(H,19,22). The van der Waals surface area contributed by atoms with Crippen molar-refractivity contribution in [2.75, 3.05) is 24.5 Å². The molecule has 1 N–H and O–H groups in total. The average Bonchev–Trinajstić information content (AvgIpc) is 3.24. The highest BCUT2D eigenvalue weighted by molar-refractivity contribution is 7.11. The van der Waals surface area contributed by atoms with Gasteiger partial charge in [0, 0.05) is 30.4 Å². The van der Waals surface area contributed by atoms with Crippen molar-refractivity contribution in [1.29, 1.82) is 5.26 Å². The van der Waals surface area contributed by atoms with Crippen LogP contribution in [0.5, 0.6) is 0 Å². The lowest BCUT2D eigenvalue weighted by Crippen LogP contribution is -2.41. The van der Waals surface area contributed by atoms with Crippen LogP contribution < -0.4 is 10.2 Å². The Morgan fingerprint density at radius 1 is 1.50 bits per heavy atom. The van der Waals surface area contributed by atoms with Gasteiger partial charge < -0.3 is 10.2 Å². The highest BCUT2D eigenvalue weighted by Gasteiger charge is 2.27. The lowest BCUT2D eigenvalue weighted by Gasteiger charge is -2.31. The summed E-state index contributed by atoms with van der Waals surface area (Å²) in [5, 5.41) is 15.4. The molecule has 0 aromatic carbocycles. The highest BCUT2D eigenvalue weighted by Crippen LogP contribution is 2.33. The molecule has 24 heavy (non-hydrogen) atoms. The van der Waals surface area contributed by atoms with Crippen molar-refractivity contribution in [1.82, 2.24) is 9.69 Å². The van der Waals surface area contributed by atoms with Crippen LogP contribution in [0.4, 0.5) is 5.00 Å². The molecule has 0 radical (unpaired) electrons. The molecule has 126 valence electrons. The summed E-state index contributed by atoms with van der Waals surface area (Å²) in [6, 6.07) is 6.22. The van der Waals surface area contributed by atoms with Gasteiger partial charge in [0.1, 0.15) is 16.6 Å². The second kappa shape index (κ2) is 7.97. The fourth-order valence-electron chi connectivity index (χ4n) is 2.83. The van der Waals surface area contributed by atoms with E-state index in [1.807, 2.05) is 11.4 Å². The van der Waals surface area contributed by atoms with Gasteiger partial charge in [0.05, 0.1) is 0 Å². The molecule has 1 aliphatic heterocycles. The molecular formula is C16H17ClN4OS2. The maximum atomic E-state index is 12.3. The van der Waals surface area contributed by atoms with Crippen LogP contribution in [0, 0.1) is 17.2 Å². The normalized spacial score (nSPS) is 15.2. The van der Waals surface area contributed by atoms with E-state index in [0.29, 0.717) is 12.1 Å². The van der Waals surface area contributed by atoms with E-state index in [9.17, 15) is 10.1 Å². The quantitative estimate of drug-likeness (QED) is 0.863. The molecule has 0 saturated carbocycles. The number of piperidine rings is 1. The zero-order chi connectivity index (χ0) is 16.9. The Kier molecular flexibility index (Phi) is 5.72. The summed E-state index contributed by atoms with van der Waals surface area (Å²) < 4.78 is 4.05. The number of anilines is 1. The Balaban J connectivity index is 1.47. The molecule has 1 saturated heterocycles. The third kappa shape index (κ3) is 3.89. The smallest absolute Gasteiger partial charge is 0.223 e. The molecule has 2 aromatic heterocycles. The summed E-state index contributed by atoms with van der Waals surface area (Å²) in [4.78, 5) is 15.7. The Hall–Kier alpha value is -1.62. The predicted molar refractivity (Wildman–Crippen MR) is 97.8 cm³/mol. The van der Waals surface area contributed by atoms with Gasteiger partial charge in [-0.1, -0.05) is 17.7 Å². The van der Waals surface area contributed by atoms with E-state index in [1.165, 1.54) is 16.4 Å². The lowest BCUT2D eigenvalue weighted by molar-refractivity contribution is -0.125. The average molecular weight is 381 g/mol. The van der Waals surface area contributed by atoms with E-state index < -0.39 is 0 Å². The molecule has 3 rings (SSSR count). The number of thiophene rings is 1. The van der Waals surface area contributed by atoms with Crippen LogP contribution in [-0.2, 0) is 11.2 Å². The first-order valence-electron chi connectivity index (χ1n) is 7.79. The first kappa shape index (κ1) is 17.2. The van der Waals surface area contributed by atoms with Gasteiger partial charge in [-0.25, -0.2) is 0 Å². The van der Waals surface area contributed by atoms with Crippen LogP contribution in [0.25, 0.3) is 0 Å². The van der Waals surface area contributed by atoms with Gasteiger partial charge in [-0.15, -0.1) is 11.3 Å². The van der Waals surface area contributed by atoms with Gasteiger partial charge in [-0.2, -0.15) is 9.64 Å². The van der Waals surface area contributed by atoms with E-state index in [0.717, 1.165) is 37.4 Å². The van der Waals surface area contributed by atoms with Crippen LogP contribution in [0.2, 0.25) is 5.15 Å². The lowest BCUT2D eigenvalue weighted by atomic mass is 9.96. The number of aromatic nitrogens is 1. The Bertz CT molecular complexity index is 730. The van der Waals surface area contributed by atoms with E-state index in [-0.39, 0.29) is 17.0 Å². The number of amides is 1. The number of hydrogen-bond donors (Lipinski definition) is 1. The summed E-state index contributed by atoms with van der Waals surface area (Å²) in [7, 11) is 0. The summed E-state index contributed by atoms with van der Waals surface area (Å²) >= 11 is 8.89. The molecular weight excluding hydrogens is 364 g/mol. The highest BCUT2D eigenvalue weighted by atomic mass is 35.5. The SMILES string of the molecule is N#Cc1c(Cl)nsc1N1CCC(C(=O)NCCc2cccs2)CC1. The molecule has 2 aromatic rings. The van der Waals surface area contributed by atoms with Crippen LogP contribution in [0.1, 0.15) is 23.3 Å².